The zero-order valence-electron chi connectivity index (χ0n) is 9.12. The van der Waals surface area contributed by atoms with Crippen LogP contribution in [0.5, 0.6) is 0 Å². The van der Waals surface area contributed by atoms with Gasteiger partial charge in [-0.1, -0.05) is 20.4 Å². The smallest absolute Gasteiger partial charge is 0.140 e. The third-order valence-corrected chi connectivity index (χ3v) is 1.92. The van der Waals surface area contributed by atoms with E-state index in [1.54, 1.807) is 0 Å². The van der Waals surface area contributed by atoms with Crippen molar-refractivity contribution in [2.24, 2.45) is 4.99 Å². The van der Waals surface area contributed by atoms with E-state index in [0.717, 1.165) is 24.3 Å². The summed E-state index contributed by atoms with van der Waals surface area (Å²) in [6.07, 6.45) is 8.57. The average molecular weight is 193 g/mol. The Bertz CT molecular complexity index is 249. The van der Waals surface area contributed by atoms with Gasteiger partial charge in [0.05, 0.1) is 11.8 Å². The van der Waals surface area contributed by atoms with Crippen molar-refractivity contribution in [3.63, 3.8) is 0 Å². The van der Waals surface area contributed by atoms with Crippen molar-refractivity contribution in [1.29, 1.82) is 0 Å². The van der Waals surface area contributed by atoms with Crippen LogP contribution in [0, 0.1) is 0 Å². The molecule has 2 nitrogen and oxygen atoms in total. The first-order chi connectivity index (χ1) is 6.77. The molecule has 1 aliphatic carbocycles. The van der Waals surface area contributed by atoms with Crippen LogP contribution in [0.25, 0.3) is 0 Å². The molecule has 0 aromatic heterocycles. The van der Waals surface area contributed by atoms with Crippen LogP contribution in [0.3, 0.4) is 0 Å². The molecule has 0 aliphatic heterocycles. The zero-order valence-corrected chi connectivity index (χ0v) is 9.12. The first kappa shape index (κ1) is 11.0. The van der Waals surface area contributed by atoms with Crippen molar-refractivity contribution in [1.82, 2.24) is 0 Å². The number of hydrogen-bond donors (Lipinski definition) is 0. The summed E-state index contributed by atoms with van der Waals surface area (Å²) in [5.74, 6) is 0.861. The molecule has 1 saturated carbocycles. The largest absolute Gasteiger partial charge is 0.489 e. The SMILES string of the molecule is C=C(N=CCC)/C(=C\CC)OC1CC1. The van der Waals surface area contributed by atoms with Gasteiger partial charge in [0.15, 0.2) is 0 Å². The highest BCUT2D eigenvalue weighted by Crippen LogP contribution is 2.28. The molecule has 78 valence electrons. The van der Waals surface area contributed by atoms with Crippen LogP contribution in [0.4, 0.5) is 0 Å². The van der Waals surface area contributed by atoms with Gasteiger partial charge in [-0.15, -0.1) is 0 Å². The second kappa shape index (κ2) is 5.63. The topological polar surface area (TPSA) is 21.6 Å². The monoisotopic (exact) mass is 193 g/mol. The fraction of sp³-hybridized carbons (Fsp3) is 0.583. The molecule has 0 aromatic carbocycles. The van der Waals surface area contributed by atoms with Gasteiger partial charge in [-0.3, -0.25) is 4.99 Å². The number of aliphatic imine (C=N–C) groups is 1. The van der Waals surface area contributed by atoms with Gasteiger partial charge in [0.25, 0.3) is 0 Å². The van der Waals surface area contributed by atoms with Crippen molar-refractivity contribution in [3.8, 4) is 0 Å². The second-order valence-electron chi connectivity index (χ2n) is 3.46. The lowest BCUT2D eigenvalue weighted by Gasteiger charge is -2.08. The fourth-order valence-corrected chi connectivity index (χ4v) is 1.05. The van der Waals surface area contributed by atoms with Gasteiger partial charge >= 0.3 is 0 Å². The Morgan fingerprint density at radius 2 is 2.14 bits per heavy atom. The predicted molar refractivity (Wildman–Crippen MR) is 60.4 cm³/mol. The van der Waals surface area contributed by atoms with Gasteiger partial charge in [0.1, 0.15) is 5.76 Å². The van der Waals surface area contributed by atoms with E-state index in [1.807, 2.05) is 12.3 Å². The molecule has 0 aromatic rings. The summed E-state index contributed by atoms with van der Waals surface area (Å²) in [5, 5.41) is 0. The minimum atomic E-state index is 0.418. The Labute approximate surface area is 86.4 Å². The van der Waals surface area contributed by atoms with E-state index < -0.39 is 0 Å². The molecule has 0 amide bonds. The van der Waals surface area contributed by atoms with Gasteiger partial charge < -0.3 is 4.74 Å². The Balaban J connectivity index is 2.51. The van der Waals surface area contributed by atoms with Crippen LogP contribution in [0.2, 0.25) is 0 Å². The van der Waals surface area contributed by atoms with E-state index >= 15 is 0 Å². The highest BCUT2D eigenvalue weighted by Gasteiger charge is 2.24. The lowest BCUT2D eigenvalue weighted by Crippen LogP contribution is -1.96. The number of nitrogens with zero attached hydrogens (tertiary/aromatic N) is 1. The number of rotatable bonds is 6. The number of hydrogen-bond acceptors (Lipinski definition) is 2. The first-order valence-electron chi connectivity index (χ1n) is 5.36. The lowest BCUT2D eigenvalue weighted by atomic mass is 10.3. The molecule has 0 bridgehead atoms. The Morgan fingerprint density at radius 3 is 2.64 bits per heavy atom. The molecular weight excluding hydrogens is 174 g/mol. The van der Waals surface area contributed by atoms with Gasteiger partial charge in [-0.25, -0.2) is 0 Å². The Morgan fingerprint density at radius 1 is 1.43 bits per heavy atom. The van der Waals surface area contributed by atoms with Crippen molar-refractivity contribution in [2.75, 3.05) is 0 Å². The highest BCUT2D eigenvalue weighted by molar-refractivity contribution is 5.59. The summed E-state index contributed by atoms with van der Waals surface area (Å²) in [5.41, 5.74) is 0.751. The molecule has 0 saturated heterocycles. The molecule has 0 unspecified atom stereocenters. The maximum absolute atomic E-state index is 5.71. The van der Waals surface area contributed by atoms with Crippen molar-refractivity contribution >= 4 is 6.21 Å². The molecule has 1 aliphatic rings. The third-order valence-electron chi connectivity index (χ3n) is 1.92. The van der Waals surface area contributed by atoms with Crippen LogP contribution >= 0.6 is 0 Å². The average Bonchev–Trinajstić information content (AvgIpc) is 2.97. The molecule has 0 spiro atoms. The molecule has 0 radical (unpaired) electrons. The first-order valence-corrected chi connectivity index (χ1v) is 5.36. The minimum absolute atomic E-state index is 0.418. The summed E-state index contributed by atoms with van der Waals surface area (Å²) < 4.78 is 5.71. The molecular formula is C12H19NO. The summed E-state index contributed by atoms with van der Waals surface area (Å²) in [7, 11) is 0. The van der Waals surface area contributed by atoms with Gasteiger partial charge in [-0.05, 0) is 31.8 Å². The van der Waals surface area contributed by atoms with Crippen LogP contribution < -0.4 is 0 Å². The third kappa shape index (κ3) is 3.77. The number of allylic oxidation sites excluding steroid dienone is 1. The van der Waals surface area contributed by atoms with E-state index in [4.69, 9.17) is 4.74 Å². The van der Waals surface area contributed by atoms with Crippen LogP contribution in [0.15, 0.2) is 29.1 Å². The van der Waals surface area contributed by atoms with Crippen LogP contribution in [-0.2, 0) is 4.74 Å². The quantitative estimate of drug-likeness (QED) is 0.359. The van der Waals surface area contributed by atoms with E-state index in [0.29, 0.717) is 6.10 Å². The second-order valence-corrected chi connectivity index (χ2v) is 3.46. The van der Waals surface area contributed by atoms with Crippen molar-refractivity contribution < 1.29 is 4.74 Å². The summed E-state index contributed by atoms with van der Waals surface area (Å²) >= 11 is 0. The summed E-state index contributed by atoms with van der Waals surface area (Å²) in [6.45, 7) is 8.05. The fourth-order valence-electron chi connectivity index (χ4n) is 1.05. The molecule has 0 heterocycles. The van der Waals surface area contributed by atoms with Gasteiger partial charge in [0.2, 0.25) is 0 Å². The Hall–Kier alpha value is -1.05. The molecule has 2 heteroatoms. The van der Waals surface area contributed by atoms with Gasteiger partial charge in [-0.2, -0.15) is 0 Å². The molecule has 0 atom stereocenters. The highest BCUT2D eigenvalue weighted by atomic mass is 16.5. The predicted octanol–water partition coefficient (Wildman–Crippen LogP) is 3.45. The molecule has 14 heavy (non-hydrogen) atoms. The van der Waals surface area contributed by atoms with Crippen LogP contribution in [-0.4, -0.2) is 12.3 Å². The van der Waals surface area contributed by atoms with Gasteiger partial charge in [0, 0.05) is 6.21 Å². The van der Waals surface area contributed by atoms with Crippen molar-refractivity contribution in [2.45, 2.75) is 45.6 Å². The minimum Gasteiger partial charge on any atom is -0.489 e. The number of ether oxygens (including phenoxy) is 1. The van der Waals surface area contributed by atoms with Crippen LogP contribution in [0.1, 0.15) is 39.5 Å². The van der Waals surface area contributed by atoms with E-state index in [-0.39, 0.29) is 0 Å². The Kier molecular flexibility index (Phi) is 4.44. The summed E-state index contributed by atoms with van der Waals surface area (Å²) in [4.78, 5) is 4.23. The standard InChI is InChI=1S/C12H19NO/c1-4-6-12(14-11-7-8-11)10(3)13-9-5-2/h6,9,11H,3-5,7-8H2,1-2H3/b12-6+,13-9?. The molecule has 1 rings (SSSR count). The van der Waals surface area contributed by atoms with Crippen molar-refractivity contribution in [3.05, 3.63) is 24.1 Å². The lowest BCUT2D eigenvalue weighted by molar-refractivity contribution is 0.203. The maximum Gasteiger partial charge on any atom is 0.140 e. The summed E-state index contributed by atoms with van der Waals surface area (Å²) in [6, 6.07) is 0. The van der Waals surface area contributed by atoms with E-state index in [9.17, 15) is 0 Å². The van der Waals surface area contributed by atoms with E-state index in [2.05, 4.69) is 25.4 Å². The zero-order chi connectivity index (χ0) is 10.4. The molecule has 1 fully saturated rings. The normalized spacial score (nSPS) is 17.4. The van der Waals surface area contributed by atoms with E-state index in [1.165, 1.54) is 12.8 Å². The molecule has 0 N–H and O–H groups in total. The maximum atomic E-state index is 5.71.